The lowest BCUT2D eigenvalue weighted by molar-refractivity contribution is 0.102. The van der Waals surface area contributed by atoms with Crippen LogP contribution in [-0.4, -0.2) is 31.8 Å². The minimum Gasteiger partial charge on any atom is -0.491 e. The first-order valence-corrected chi connectivity index (χ1v) is 8.47. The van der Waals surface area contributed by atoms with Crippen molar-refractivity contribution in [3.8, 4) is 11.5 Å². The van der Waals surface area contributed by atoms with E-state index in [-0.39, 0.29) is 12.0 Å². The molecule has 0 aliphatic heterocycles. The Kier molecular flexibility index (Phi) is 7.29. The molecule has 134 valence electrons. The first-order valence-electron chi connectivity index (χ1n) is 8.47. The van der Waals surface area contributed by atoms with Gasteiger partial charge in [-0.3, -0.25) is 4.79 Å². The summed E-state index contributed by atoms with van der Waals surface area (Å²) in [4.78, 5) is 12.3. The van der Waals surface area contributed by atoms with Gasteiger partial charge in [-0.2, -0.15) is 0 Å². The van der Waals surface area contributed by atoms with E-state index in [0.717, 1.165) is 5.75 Å². The zero-order chi connectivity index (χ0) is 18.1. The molecular formula is C20H25NO4. The van der Waals surface area contributed by atoms with Gasteiger partial charge in [0.25, 0.3) is 5.91 Å². The minimum absolute atomic E-state index is 0.102. The molecule has 0 aliphatic carbocycles. The summed E-state index contributed by atoms with van der Waals surface area (Å²) >= 11 is 0. The van der Waals surface area contributed by atoms with Crippen molar-refractivity contribution < 1.29 is 19.0 Å². The quantitative estimate of drug-likeness (QED) is 0.695. The van der Waals surface area contributed by atoms with Crippen molar-refractivity contribution in [2.75, 3.05) is 25.1 Å². The van der Waals surface area contributed by atoms with Crippen LogP contribution in [0.5, 0.6) is 11.5 Å². The molecular weight excluding hydrogens is 318 g/mol. The van der Waals surface area contributed by atoms with Crippen molar-refractivity contribution in [3.63, 3.8) is 0 Å². The van der Waals surface area contributed by atoms with Gasteiger partial charge in [-0.1, -0.05) is 6.07 Å². The van der Waals surface area contributed by atoms with Crippen LogP contribution in [0.15, 0.2) is 48.5 Å². The molecule has 0 aliphatic rings. The van der Waals surface area contributed by atoms with Gasteiger partial charge in [0.05, 0.1) is 12.7 Å². The summed E-state index contributed by atoms with van der Waals surface area (Å²) in [5.74, 6) is 1.26. The molecule has 0 saturated carbocycles. The molecule has 5 heteroatoms. The van der Waals surface area contributed by atoms with Gasteiger partial charge in [-0.15, -0.1) is 0 Å². The summed E-state index contributed by atoms with van der Waals surface area (Å²) in [6.07, 6.45) is 0.102. The van der Waals surface area contributed by atoms with Crippen LogP contribution in [0.1, 0.15) is 31.1 Å². The van der Waals surface area contributed by atoms with Gasteiger partial charge < -0.3 is 19.5 Å². The number of hydrogen-bond acceptors (Lipinski definition) is 4. The first kappa shape index (κ1) is 18.8. The number of carbonyl (C=O) groups excluding carboxylic acids is 1. The summed E-state index contributed by atoms with van der Waals surface area (Å²) in [6, 6.07) is 14.4. The Balaban J connectivity index is 1.93. The fourth-order valence-electron chi connectivity index (χ4n) is 2.19. The molecule has 1 amide bonds. The topological polar surface area (TPSA) is 56.8 Å². The molecule has 0 heterocycles. The van der Waals surface area contributed by atoms with Crippen LogP contribution < -0.4 is 14.8 Å². The highest BCUT2D eigenvalue weighted by atomic mass is 16.5. The van der Waals surface area contributed by atoms with Gasteiger partial charge in [0, 0.05) is 23.9 Å². The van der Waals surface area contributed by atoms with Gasteiger partial charge in [-0.05, 0) is 57.2 Å². The zero-order valence-electron chi connectivity index (χ0n) is 15.0. The van der Waals surface area contributed by atoms with E-state index in [9.17, 15) is 4.79 Å². The van der Waals surface area contributed by atoms with Crippen molar-refractivity contribution >= 4 is 11.6 Å². The van der Waals surface area contributed by atoms with Crippen LogP contribution >= 0.6 is 0 Å². The molecule has 0 fully saturated rings. The second-order valence-corrected chi connectivity index (χ2v) is 5.72. The van der Waals surface area contributed by atoms with Crippen LogP contribution in [-0.2, 0) is 4.74 Å². The summed E-state index contributed by atoms with van der Waals surface area (Å²) in [7, 11) is 0. The molecule has 0 saturated heterocycles. The Morgan fingerprint density at radius 3 is 2.48 bits per heavy atom. The van der Waals surface area contributed by atoms with E-state index in [1.165, 1.54) is 0 Å². The zero-order valence-corrected chi connectivity index (χ0v) is 15.0. The summed E-state index contributed by atoms with van der Waals surface area (Å²) in [5, 5.41) is 2.87. The molecule has 0 bridgehead atoms. The van der Waals surface area contributed by atoms with Crippen LogP contribution in [0.2, 0.25) is 0 Å². The number of amides is 1. The van der Waals surface area contributed by atoms with Crippen molar-refractivity contribution in [3.05, 3.63) is 54.1 Å². The van der Waals surface area contributed by atoms with Gasteiger partial charge in [0.2, 0.25) is 0 Å². The molecule has 1 N–H and O–H groups in total. The Morgan fingerprint density at radius 2 is 1.80 bits per heavy atom. The predicted octanol–water partition coefficient (Wildman–Crippen LogP) is 4.14. The normalized spacial score (nSPS) is 10.6. The van der Waals surface area contributed by atoms with Gasteiger partial charge >= 0.3 is 0 Å². The van der Waals surface area contributed by atoms with E-state index in [1.807, 2.05) is 39.0 Å². The Bertz CT molecular complexity index is 668. The molecule has 0 spiro atoms. The maximum Gasteiger partial charge on any atom is 0.255 e. The van der Waals surface area contributed by atoms with Gasteiger partial charge in [0.1, 0.15) is 18.1 Å². The van der Waals surface area contributed by atoms with E-state index in [0.29, 0.717) is 36.8 Å². The Morgan fingerprint density at radius 1 is 1.04 bits per heavy atom. The number of carbonyl (C=O) groups is 1. The number of hydrogen-bond donors (Lipinski definition) is 1. The average Bonchev–Trinajstić information content (AvgIpc) is 2.59. The van der Waals surface area contributed by atoms with E-state index >= 15 is 0 Å². The fourth-order valence-corrected chi connectivity index (χ4v) is 2.19. The third-order valence-electron chi connectivity index (χ3n) is 3.28. The second kappa shape index (κ2) is 9.69. The third-order valence-corrected chi connectivity index (χ3v) is 3.28. The molecule has 0 radical (unpaired) electrons. The fraction of sp³-hybridized carbons (Fsp3) is 0.350. The first-order chi connectivity index (χ1) is 12.1. The van der Waals surface area contributed by atoms with Crippen molar-refractivity contribution in [1.82, 2.24) is 0 Å². The lowest BCUT2D eigenvalue weighted by Gasteiger charge is -2.11. The minimum atomic E-state index is -0.178. The van der Waals surface area contributed by atoms with Gasteiger partial charge in [0.15, 0.2) is 0 Å². The van der Waals surface area contributed by atoms with E-state index in [1.54, 1.807) is 30.3 Å². The molecule has 0 unspecified atom stereocenters. The number of ether oxygens (including phenoxy) is 3. The molecule has 25 heavy (non-hydrogen) atoms. The number of anilines is 1. The van der Waals surface area contributed by atoms with Crippen molar-refractivity contribution in [2.45, 2.75) is 26.9 Å². The van der Waals surface area contributed by atoms with Crippen LogP contribution in [0, 0.1) is 0 Å². The van der Waals surface area contributed by atoms with Crippen LogP contribution in [0.25, 0.3) is 0 Å². The largest absolute Gasteiger partial charge is 0.491 e. The lowest BCUT2D eigenvalue weighted by Crippen LogP contribution is -2.12. The smallest absolute Gasteiger partial charge is 0.255 e. The summed E-state index contributed by atoms with van der Waals surface area (Å²) in [5.41, 5.74) is 1.25. The third kappa shape index (κ3) is 6.47. The van der Waals surface area contributed by atoms with Crippen molar-refractivity contribution in [1.29, 1.82) is 0 Å². The molecule has 0 atom stereocenters. The summed E-state index contributed by atoms with van der Waals surface area (Å²) in [6.45, 7) is 7.55. The molecule has 0 aromatic heterocycles. The standard InChI is InChI=1S/C20H25NO4/c1-4-23-12-13-24-19-7-5-6-17(14-19)21-20(22)16-8-10-18(11-9-16)25-15(2)3/h5-11,14-15H,4,12-13H2,1-3H3,(H,21,22). The lowest BCUT2D eigenvalue weighted by atomic mass is 10.2. The second-order valence-electron chi connectivity index (χ2n) is 5.72. The molecule has 2 aromatic carbocycles. The molecule has 2 rings (SSSR count). The highest BCUT2D eigenvalue weighted by molar-refractivity contribution is 6.04. The number of benzene rings is 2. The predicted molar refractivity (Wildman–Crippen MR) is 98.6 cm³/mol. The van der Waals surface area contributed by atoms with E-state index < -0.39 is 0 Å². The number of nitrogens with one attached hydrogen (secondary N) is 1. The maximum atomic E-state index is 12.3. The van der Waals surface area contributed by atoms with E-state index in [2.05, 4.69) is 5.32 Å². The van der Waals surface area contributed by atoms with Crippen LogP contribution in [0.4, 0.5) is 5.69 Å². The maximum absolute atomic E-state index is 12.3. The Hall–Kier alpha value is -2.53. The molecule has 2 aromatic rings. The van der Waals surface area contributed by atoms with E-state index in [4.69, 9.17) is 14.2 Å². The van der Waals surface area contributed by atoms with Gasteiger partial charge in [-0.25, -0.2) is 0 Å². The highest BCUT2D eigenvalue weighted by Crippen LogP contribution is 2.19. The molecule has 5 nitrogen and oxygen atoms in total. The van der Waals surface area contributed by atoms with Crippen LogP contribution in [0.3, 0.4) is 0 Å². The van der Waals surface area contributed by atoms with Crippen molar-refractivity contribution in [2.24, 2.45) is 0 Å². The highest BCUT2D eigenvalue weighted by Gasteiger charge is 2.07. The number of rotatable bonds is 9. The Labute approximate surface area is 148 Å². The average molecular weight is 343 g/mol. The monoisotopic (exact) mass is 343 g/mol. The SMILES string of the molecule is CCOCCOc1cccc(NC(=O)c2ccc(OC(C)C)cc2)c1. The summed E-state index contributed by atoms with van der Waals surface area (Å²) < 4.78 is 16.4.